The lowest BCUT2D eigenvalue weighted by Gasteiger charge is -2.20. The van der Waals surface area contributed by atoms with Gasteiger partial charge in [-0.3, -0.25) is 13.6 Å². The van der Waals surface area contributed by atoms with Gasteiger partial charge in [-0.05, 0) is 0 Å². The van der Waals surface area contributed by atoms with Crippen LogP contribution in [0.5, 0.6) is 0 Å². The number of rotatable bonds is 5. The van der Waals surface area contributed by atoms with Gasteiger partial charge in [0.15, 0.2) is 0 Å². The van der Waals surface area contributed by atoms with Gasteiger partial charge in [0.05, 0.1) is 13.3 Å². The van der Waals surface area contributed by atoms with E-state index in [2.05, 4.69) is 0 Å². The lowest BCUT2D eigenvalue weighted by Crippen LogP contribution is -2.25. The van der Waals surface area contributed by atoms with Crippen LogP contribution in [0.25, 0.3) is 0 Å². The summed E-state index contributed by atoms with van der Waals surface area (Å²) < 4.78 is 24.3. The summed E-state index contributed by atoms with van der Waals surface area (Å²) in [5.74, 6) is -0.0807. The van der Waals surface area contributed by atoms with Crippen molar-refractivity contribution in [3.05, 3.63) is 0 Å². The third kappa shape index (κ3) is 3.44. The first-order valence-corrected chi connectivity index (χ1v) is 3.71. The van der Waals surface area contributed by atoms with Crippen molar-refractivity contribution >= 4 is 5.78 Å². The molecule has 0 heterocycles. The Bertz CT molecular complexity index is 130. The van der Waals surface area contributed by atoms with E-state index in [0.29, 0.717) is 6.42 Å². The maximum atomic E-state index is 12.1. The Labute approximate surface area is 65.8 Å². The topological polar surface area (TPSA) is 17.1 Å². The Hall–Kier alpha value is -0.470. The van der Waals surface area contributed by atoms with Crippen molar-refractivity contribution in [3.63, 3.8) is 0 Å². The van der Waals surface area contributed by atoms with Crippen molar-refractivity contribution in [1.29, 1.82) is 0 Å². The fourth-order valence-electron chi connectivity index (χ4n) is 0.731. The maximum Gasteiger partial charge on any atom is 0.133 e. The van der Waals surface area contributed by atoms with E-state index in [4.69, 9.17) is 0 Å². The van der Waals surface area contributed by atoms with Crippen LogP contribution in [-0.2, 0) is 4.79 Å². The lowest BCUT2D eigenvalue weighted by molar-refractivity contribution is -0.121. The summed E-state index contributed by atoms with van der Waals surface area (Å²) in [7, 11) is 0. The molecular weight excluding hydrogens is 150 g/mol. The Morgan fingerprint density at radius 1 is 1.36 bits per heavy atom. The smallest absolute Gasteiger partial charge is 0.133 e. The van der Waals surface area contributed by atoms with Crippen LogP contribution >= 0.6 is 0 Å². The molecular formula is C8H14F2O. The van der Waals surface area contributed by atoms with Gasteiger partial charge < -0.3 is 0 Å². The minimum absolute atomic E-state index is 0.0104. The van der Waals surface area contributed by atoms with E-state index in [0.717, 1.165) is 0 Å². The van der Waals surface area contributed by atoms with Crippen LogP contribution in [0.1, 0.15) is 26.7 Å². The molecule has 0 bridgehead atoms. The second-order valence-electron chi connectivity index (χ2n) is 3.15. The zero-order valence-electron chi connectivity index (χ0n) is 6.99. The summed E-state index contributed by atoms with van der Waals surface area (Å²) in [6.45, 7) is 1.60. The average Bonchev–Trinajstić information content (AvgIpc) is 2.04. The predicted octanol–water partition coefficient (Wildman–Crippen LogP) is 2.30. The molecule has 0 aliphatic carbocycles. The first kappa shape index (κ1) is 10.5. The van der Waals surface area contributed by atoms with Crippen LogP contribution in [0.4, 0.5) is 8.78 Å². The number of alkyl halides is 2. The quantitative estimate of drug-likeness (QED) is 0.609. The molecule has 0 unspecified atom stereocenters. The minimum Gasteiger partial charge on any atom is -0.300 e. The third-order valence-corrected chi connectivity index (χ3v) is 1.66. The van der Waals surface area contributed by atoms with Gasteiger partial charge in [-0.25, -0.2) is 0 Å². The molecule has 0 N–H and O–H groups in total. The zero-order valence-corrected chi connectivity index (χ0v) is 6.99. The molecule has 0 radical (unpaired) electrons. The molecule has 0 aromatic rings. The van der Waals surface area contributed by atoms with Gasteiger partial charge in [0.1, 0.15) is 5.78 Å². The molecule has 0 rings (SSSR count). The number of halogens is 2. The number of carbonyl (C=O) groups excluding carboxylic acids is 1. The molecule has 3 heteroatoms. The van der Waals surface area contributed by atoms with Crippen molar-refractivity contribution in [2.75, 3.05) is 13.3 Å². The Morgan fingerprint density at radius 2 is 1.82 bits per heavy atom. The van der Waals surface area contributed by atoms with Crippen LogP contribution in [0.3, 0.4) is 0 Å². The van der Waals surface area contributed by atoms with Crippen molar-refractivity contribution in [2.24, 2.45) is 5.41 Å². The van der Waals surface area contributed by atoms with E-state index in [-0.39, 0.29) is 12.2 Å². The van der Waals surface area contributed by atoms with Gasteiger partial charge in [0.2, 0.25) is 0 Å². The number of carbonyl (C=O) groups is 1. The highest BCUT2D eigenvalue weighted by Crippen LogP contribution is 2.23. The molecule has 0 spiro atoms. The van der Waals surface area contributed by atoms with Crippen LogP contribution in [-0.4, -0.2) is 19.1 Å². The molecule has 0 aromatic heterocycles. The molecule has 66 valence electrons. The Morgan fingerprint density at radius 3 is 2.09 bits per heavy atom. The van der Waals surface area contributed by atoms with Crippen LogP contribution in [0, 0.1) is 5.41 Å². The molecule has 0 aliphatic rings. The number of hydrogen-bond acceptors (Lipinski definition) is 1. The van der Waals surface area contributed by atoms with Crippen LogP contribution in [0.2, 0.25) is 0 Å². The first-order chi connectivity index (χ1) is 5.08. The van der Waals surface area contributed by atoms with Gasteiger partial charge in [-0.1, -0.05) is 13.8 Å². The molecule has 0 aliphatic heterocycles. The predicted molar refractivity (Wildman–Crippen MR) is 40.0 cm³/mol. The third-order valence-electron chi connectivity index (χ3n) is 1.66. The van der Waals surface area contributed by atoms with Gasteiger partial charge >= 0.3 is 0 Å². The lowest BCUT2D eigenvalue weighted by atomic mass is 9.87. The summed E-state index contributed by atoms with van der Waals surface area (Å²) >= 11 is 0. The molecule has 0 fully saturated rings. The second-order valence-corrected chi connectivity index (χ2v) is 3.15. The first-order valence-electron chi connectivity index (χ1n) is 3.71. The Kier molecular flexibility index (Phi) is 4.23. The summed E-state index contributed by atoms with van der Waals surface area (Å²) in [4.78, 5) is 10.8. The fourth-order valence-corrected chi connectivity index (χ4v) is 0.731. The average molecular weight is 164 g/mol. The molecule has 0 saturated heterocycles. The van der Waals surface area contributed by atoms with Gasteiger partial charge in [0, 0.05) is 18.3 Å². The number of hydrogen-bond donors (Lipinski definition) is 0. The molecule has 11 heavy (non-hydrogen) atoms. The molecule has 1 nitrogen and oxygen atoms in total. The zero-order chi connectivity index (χ0) is 8.91. The molecule has 0 atom stereocenters. The minimum atomic E-state index is -1.08. The van der Waals surface area contributed by atoms with Crippen molar-refractivity contribution in [1.82, 2.24) is 0 Å². The standard InChI is InChI=1S/C8H14F2O/c1-3-7(11)4-8(2,5-9)6-10/h3-6H2,1-2H3. The maximum absolute atomic E-state index is 12.1. The number of Topliss-reactive ketones (excluding diaryl/α,β-unsaturated/α-hetero) is 1. The molecule has 0 saturated carbocycles. The van der Waals surface area contributed by atoms with E-state index in [1.807, 2.05) is 0 Å². The van der Waals surface area contributed by atoms with Gasteiger partial charge in [-0.15, -0.1) is 0 Å². The number of ketones is 1. The van der Waals surface area contributed by atoms with Crippen molar-refractivity contribution in [2.45, 2.75) is 26.7 Å². The van der Waals surface area contributed by atoms with Crippen LogP contribution < -0.4 is 0 Å². The molecule has 0 aromatic carbocycles. The normalized spacial score (nSPS) is 11.6. The SMILES string of the molecule is CCC(=O)CC(C)(CF)CF. The summed E-state index contributed by atoms with van der Waals surface area (Å²) in [6.07, 6.45) is 0.367. The van der Waals surface area contributed by atoms with E-state index < -0.39 is 18.8 Å². The van der Waals surface area contributed by atoms with E-state index >= 15 is 0 Å². The monoisotopic (exact) mass is 164 g/mol. The van der Waals surface area contributed by atoms with Gasteiger partial charge in [0.25, 0.3) is 0 Å². The highest BCUT2D eigenvalue weighted by atomic mass is 19.1. The highest BCUT2D eigenvalue weighted by molar-refractivity contribution is 5.78. The van der Waals surface area contributed by atoms with E-state index in [9.17, 15) is 13.6 Å². The Balaban J connectivity index is 3.96. The van der Waals surface area contributed by atoms with E-state index in [1.165, 1.54) is 6.92 Å². The highest BCUT2D eigenvalue weighted by Gasteiger charge is 2.26. The summed E-state index contributed by atoms with van der Waals surface area (Å²) in [6, 6.07) is 0. The van der Waals surface area contributed by atoms with Crippen molar-refractivity contribution in [3.8, 4) is 0 Å². The summed E-state index contributed by atoms with van der Waals surface area (Å²) in [5, 5.41) is 0. The fraction of sp³-hybridized carbons (Fsp3) is 0.875. The van der Waals surface area contributed by atoms with Crippen molar-refractivity contribution < 1.29 is 13.6 Å². The molecule has 0 amide bonds. The largest absolute Gasteiger partial charge is 0.300 e. The summed E-state index contributed by atoms with van der Waals surface area (Å²) in [5.41, 5.74) is -1.08. The van der Waals surface area contributed by atoms with E-state index in [1.54, 1.807) is 6.92 Å². The second kappa shape index (κ2) is 4.42. The van der Waals surface area contributed by atoms with Gasteiger partial charge in [-0.2, -0.15) is 0 Å². The van der Waals surface area contributed by atoms with Crippen LogP contribution in [0.15, 0.2) is 0 Å².